The molecule has 2 atom stereocenters. The molecular formula is C20H15ClF3N3O3S. The van der Waals surface area contributed by atoms with Crippen LogP contribution in [0, 0.1) is 0 Å². The van der Waals surface area contributed by atoms with Gasteiger partial charge in [-0.25, -0.2) is 0 Å². The molecule has 0 fully saturated rings. The third kappa shape index (κ3) is 3.97. The van der Waals surface area contributed by atoms with Gasteiger partial charge >= 0.3 is 12.1 Å². The highest BCUT2D eigenvalue weighted by Gasteiger charge is 2.43. The Labute approximate surface area is 184 Å². The number of carbonyl (C=O) groups is 1. The van der Waals surface area contributed by atoms with Gasteiger partial charge in [-0.05, 0) is 29.8 Å². The highest BCUT2D eigenvalue weighted by molar-refractivity contribution is 8.00. The highest BCUT2D eigenvalue weighted by atomic mass is 35.5. The smallest absolute Gasteiger partial charge is 0.452 e. The molecule has 1 aromatic heterocycles. The van der Waals surface area contributed by atoms with Crippen molar-refractivity contribution in [2.75, 3.05) is 7.11 Å². The van der Waals surface area contributed by atoms with Crippen LogP contribution in [-0.2, 0) is 11.0 Å². The van der Waals surface area contributed by atoms with Gasteiger partial charge in [-0.15, -0.1) is 22.0 Å². The number of fused-ring (bicyclic) bond motifs is 3. The molecule has 6 nitrogen and oxygen atoms in total. The number of hydrogen-bond acceptors (Lipinski definition) is 5. The number of aromatic nitrogens is 3. The SMILES string of the molecule is COc1ccccc1[C@H]1S[C@H](CC(=O)O)c2nnc(C(F)(F)F)n2-c2ccc(Cl)cc21. The largest absolute Gasteiger partial charge is 0.496 e. The second-order valence-electron chi connectivity index (χ2n) is 6.76. The summed E-state index contributed by atoms with van der Waals surface area (Å²) < 4.78 is 47.6. The van der Waals surface area contributed by atoms with E-state index in [2.05, 4.69) is 10.2 Å². The van der Waals surface area contributed by atoms with Crippen molar-refractivity contribution in [3.8, 4) is 11.4 Å². The molecule has 2 aromatic carbocycles. The number of benzene rings is 2. The van der Waals surface area contributed by atoms with E-state index in [4.69, 9.17) is 16.3 Å². The monoisotopic (exact) mass is 469 g/mol. The molecule has 0 bridgehead atoms. The Bertz CT molecular complexity index is 1150. The lowest BCUT2D eigenvalue weighted by atomic mass is 10.0. The molecule has 0 aliphatic carbocycles. The molecule has 0 saturated heterocycles. The van der Waals surface area contributed by atoms with E-state index in [0.717, 1.165) is 4.57 Å². The summed E-state index contributed by atoms with van der Waals surface area (Å²) >= 11 is 7.38. The lowest BCUT2D eigenvalue weighted by Crippen LogP contribution is -2.16. The molecule has 0 unspecified atom stereocenters. The molecule has 1 aliphatic heterocycles. The topological polar surface area (TPSA) is 77.2 Å². The Morgan fingerprint density at radius 2 is 1.97 bits per heavy atom. The summed E-state index contributed by atoms with van der Waals surface area (Å²) in [6.07, 6.45) is -5.22. The summed E-state index contributed by atoms with van der Waals surface area (Å²) in [5, 5.41) is 15.4. The van der Waals surface area contributed by atoms with Gasteiger partial charge in [0.25, 0.3) is 0 Å². The van der Waals surface area contributed by atoms with Gasteiger partial charge in [-0.2, -0.15) is 13.2 Å². The molecule has 0 radical (unpaired) electrons. The van der Waals surface area contributed by atoms with Gasteiger partial charge in [-0.3, -0.25) is 9.36 Å². The molecule has 4 rings (SSSR count). The first-order valence-electron chi connectivity index (χ1n) is 9.03. The number of methoxy groups -OCH3 is 1. The van der Waals surface area contributed by atoms with Crippen LogP contribution in [0.1, 0.15) is 39.7 Å². The highest BCUT2D eigenvalue weighted by Crippen LogP contribution is 2.53. The zero-order chi connectivity index (χ0) is 22.3. The molecule has 0 spiro atoms. The van der Waals surface area contributed by atoms with Crippen molar-refractivity contribution in [2.45, 2.75) is 23.1 Å². The van der Waals surface area contributed by atoms with E-state index in [1.807, 2.05) is 0 Å². The Hall–Kier alpha value is -2.72. The van der Waals surface area contributed by atoms with Crippen molar-refractivity contribution in [3.63, 3.8) is 0 Å². The number of halogens is 4. The van der Waals surface area contributed by atoms with Crippen molar-refractivity contribution >= 4 is 29.3 Å². The Morgan fingerprint density at radius 3 is 2.65 bits per heavy atom. The molecule has 3 aromatic rings. The van der Waals surface area contributed by atoms with Crippen LogP contribution in [0.2, 0.25) is 5.02 Å². The number of carboxylic acid groups (broad SMARTS) is 1. The molecule has 1 aliphatic rings. The van der Waals surface area contributed by atoms with E-state index in [9.17, 15) is 23.1 Å². The number of hydrogen-bond donors (Lipinski definition) is 1. The minimum atomic E-state index is -4.79. The van der Waals surface area contributed by atoms with E-state index in [-0.39, 0.29) is 11.5 Å². The van der Waals surface area contributed by atoms with Crippen LogP contribution in [-0.4, -0.2) is 33.0 Å². The average molecular weight is 470 g/mol. The Balaban J connectivity index is 2.03. The van der Waals surface area contributed by atoms with Crippen LogP contribution in [0.4, 0.5) is 13.2 Å². The minimum absolute atomic E-state index is 0.0827. The second kappa shape index (κ2) is 8.08. The van der Waals surface area contributed by atoms with Crippen molar-refractivity contribution in [1.29, 1.82) is 0 Å². The van der Waals surface area contributed by atoms with Gasteiger partial charge in [-0.1, -0.05) is 29.8 Å². The normalized spacial score (nSPS) is 18.1. The first-order valence-corrected chi connectivity index (χ1v) is 10.3. The van der Waals surface area contributed by atoms with Crippen molar-refractivity contribution in [2.24, 2.45) is 0 Å². The standard InChI is InChI=1S/C20H15ClF3N3O3S/c1-30-14-5-3-2-4-11(14)17-12-8-10(21)6-7-13(12)27-18(15(31-17)9-16(28)29)25-26-19(27)20(22,23)24/h2-8,15,17H,9H2,1H3,(H,28,29)/t15-,17-/m1/s1. The van der Waals surface area contributed by atoms with Crippen LogP contribution < -0.4 is 4.74 Å². The Morgan fingerprint density at radius 1 is 1.23 bits per heavy atom. The number of rotatable bonds is 4. The molecule has 11 heteroatoms. The first kappa shape index (κ1) is 21.5. The molecule has 162 valence electrons. The molecular weight excluding hydrogens is 455 g/mol. The number of alkyl halides is 3. The van der Waals surface area contributed by atoms with Crippen molar-refractivity contribution in [3.05, 3.63) is 70.3 Å². The maximum Gasteiger partial charge on any atom is 0.452 e. The van der Waals surface area contributed by atoms with E-state index in [1.54, 1.807) is 30.3 Å². The van der Waals surface area contributed by atoms with Crippen LogP contribution in [0.25, 0.3) is 5.69 Å². The second-order valence-corrected chi connectivity index (χ2v) is 8.51. The van der Waals surface area contributed by atoms with Gasteiger partial charge in [0.15, 0.2) is 5.82 Å². The van der Waals surface area contributed by atoms with Crippen molar-refractivity contribution < 1.29 is 27.8 Å². The van der Waals surface area contributed by atoms with E-state index in [1.165, 1.54) is 31.0 Å². The Kier molecular flexibility index (Phi) is 5.61. The van der Waals surface area contributed by atoms with Crippen LogP contribution in [0.5, 0.6) is 5.75 Å². The quantitative estimate of drug-likeness (QED) is 0.558. The van der Waals surface area contributed by atoms with E-state index >= 15 is 0 Å². The summed E-state index contributed by atoms with van der Waals surface area (Å²) in [6, 6.07) is 11.6. The zero-order valence-electron chi connectivity index (χ0n) is 15.9. The summed E-state index contributed by atoms with van der Waals surface area (Å²) in [4.78, 5) is 11.5. The van der Waals surface area contributed by atoms with Crippen LogP contribution in [0.15, 0.2) is 42.5 Å². The maximum absolute atomic E-state index is 13.8. The van der Waals surface area contributed by atoms with Gasteiger partial charge in [0.1, 0.15) is 5.75 Å². The number of nitrogens with zero attached hydrogens (tertiary/aromatic N) is 3. The van der Waals surface area contributed by atoms with Gasteiger partial charge in [0.05, 0.1) is 29.7 Å². The molecule has 0 amide bonds. The van der Waals surface area contributed by atoms with E-state index < -0.39 is 34.9 Å². The molecule has 2 heterocycles. The molecule has 0 saturated carbocycles. The zero-order valence-corrected chi connectivity index (χ0v) is 17.5. The summed E-state index contributed by atoms with van der Waals surface area (Å²) in [5.74, 6) is -1.94. The lowest BCUT2D eigenvalue weighted by Gasteiger charge is -2.22. The fraction of sp³-hybridized carbons (Fsp3) is 0.250. The number of thioether (sulfide) groups is 1. The van der Waals surface area contributed by atoms with Gasteiger partial charge in [0.2, 0.25) is 5.82 Å². The fourth-order valence-electron chi connectivity index (χ4n) is 3.59. The predicted molar refractivity (Wildman–Crippen MR) is 109 cm³/mol. The average Bonchev–Trinajstić information content (AvgIpc) is 3.11. The van der Waals surface area contributed by atoms with Crippen LogP contribution in [0.3, 0.4) is 0 Å². The lowest BCUT2D eigenvalue weighted by molar-refractivity contribution is -0.146. The number of ether oxygens (including phenoxy) is 1. The van der Waals surface area contributed by atoms with Crippen molar-refractivity contribution in [1.82, 2.24) is 14.8 Å². The molecule has 31 heavy (non-hydrogen) atoms. The number of para-hydroxylation sites is 1. The maximum atomic E-state index is 13.8. The fourth-order valence-corrected chi connectivity index (χ4v) is 5.28. The molecule has 1 N–H and O–H groups in total. The summed E-state index contributed by atoms with van der Waals surface area (Å²) in [7, 11) is 1.49. The minimum Gasteiger partial charge on any atom is -0.496 e. The summed E-state index contributed by atoms with van der Waals surface area (Å²) in [6.45, 7) is 0. The first-order chi connectivity index (χ1) is 14.7. The third-order valence-electron chi connectivity index (χ3n) is 4.82. The number of carboxylic acids is 1. The van der Waals surface area contributed by atoms with Gasteiger partial charge < -0.3 is 9.84 Å². The van der Waals surface area contributed by atoms with Crippen LogP contribution >= 0.6 is 23.4 Å². The summed E-state index contributed by atoms with van der Waals surface area (Å²) in [5.41, 5.74) is 1.34. The van der Waals surface area contributed by atoms with Gasteiger partial charge in [0, 0.05) is 10.6 Å². The number of aliphatic carboxylic acids is 1. The third-order valence-corrected chi connectivity index (χ3v) is 6.55. The van der Waals surface area contributed by atoms with E-state index in [0.29, 0.717) is 21.9 Å². The predicted octanol–water partition coefficient (Wildman–Crippen LogP) is 5.30.